The summed E-state index contributed by atoms with van der Waals surface area (Å²) in [6.07, 6.45) is 1.96. The summed E-state index contributed by atoms with van der Waals surface area (Å²) in [5, 5.41) is 6.51. The highest BCUT2D eigenvalue weighted by Gasteiger charge is 2.29. The molecule has 5 nitrogen and oxygen atoms in total. The first-order chi connectivity index (χ1) is 8.17. The fourth-order valence-electron chi connectivity index (χ4n) is 1.75. The first kappa shape index (κ1) is 14.1. The van der Waals surface area contributed by atoms with Gasteiger partial charge in [-0.2, -0.15) is 10.5 Å². The molecule has 1 aromatic rings. The number of urea groups is 1. The van der Waals surface area contributed by atoms with Crippen LogP contribution in [0.15, 0.2) is 23.4 Å². The van der Waals surface area contributed by atoms with Crippen molar-refractivity contribution in [2.75, 3.05) is 12.1 Å². The first-order valence-electron chi connectivity index (χ1n) is 5.36. The SMILES string of the molecule is C.CNC(=O)N(N=N)c1ccc(F)cc1C1CC1. The molecule has 1 aliphatic rings. The molecule has 0 aromatic heterocycles. The molecule has 0 spiro atoms. The van der Waals surface area contributed by atoms with E-state index >= 15 is 0 Å². The second-order valence-corrected chi connectivity index (χ2v) is 3.94. The van der Waals surface area contributed by atoms with Crippen LogP contribution in [0, 0.1) is 11.3 Å². The first-order valence-corrected chi connectivity index (χ1v) is 5.36. The number of hydrogen-bond acceptors (Lipinski definition) is 3. The number of carbonyl (C=O) groups is 1. The topological polar surface area (TPSA) is 68.6 Å². The van der Waals surface area contributed by atoms with E-state index in [-0.39, 0.29) is 19.2 Å². The normalized spacial score (nSPS) is 13.4. The third kappa shape index (κ3) is 2.64. The lowest BCUT2D eigenvalue weighted by Gasteiger charge is -2.18. The van der Waals surface area contributed by atoms with Crippen molar-refractivity contribution in [1.29, 1.82) is 5.53 Å². The number of nitrogens with one attached hydrogen (secondary N) is 2. The molecule has 1 saturated carbocycles. The van der Waals surface area contributed by atoms with Crippen LogP contribution >= 0.6 is 0 Å². The maximum absolute atomic E-state index is 13.2. The molecule has 2 rings (SSSR count). The molecule has 0 saturated heterocycles. The van der Waals surface area contributed by atoms with Gasteiger partial charge in [0.2, 0.25) is 0 Å². The van der Waals surface area contributed by atoms with Crippen molar-refractivity contribution in [3.05, 3.63) is 29.6 Å². The second kappa shape index (κ2) is 5.57. The number of anilines is 1. The van der Waals surface area contributed by atoms with Crippen molar-refractivity contribution >= 4 is 11.7 Å². The molecular formula is C12H17FN4O. The summed E-state index contributed by atoms with van der Waals surface area (Å²) >= 11 is 0. The van der Waals surface area contributed by atoms with Gasteiger partial charge in [0.05, 0.1) is 5.69 Å². The Hall–Kier alpha value is -1.98. The minimum atomic E-state index is -0.506. The molecule has 0 radical (unpaired) electrons. The van der Waals surface area contributed by atoms with E-state index in [1.165, 1.54) is 25.2 Å². The third-order valence-corrected chi connectivity index (χ3v) is 2.74. The van der Waals surface area contributed by atoms with E-state index in [0.29, 0.717) is 5.69 Å². The lowest BCUT2D eigenvalue weighted by atomic mass is 10.1. The highest BCUT2D eigenvalue weighted by molar-refractivity contribution is 5.91. The van der Waals surface area contributed by atoms with Crippen molar-refractivity contribution in [3.8, 4) is 0 Å². The summed E-state index contributed by atoms with van der Waals surface area (Å²) in [6, 6.07) is 3.65. The molecule has 2 amide bonds. The standard InChI is InChI=1S/C11H13FN4O.CH4/c1-14-11(17)16(15-13)10-5-4-8(12)6-9(10)7-2-3-7;/h4-7,13H,2-3H2,1H3,(H,14,17);1H4. The fraction of sp³-hybridized carbons (Fsp3) is 0.417. The predicted octanol–water partition coefficient (Wildman–Crippen LogP) is 3.43. The lowest BCUT2D eigenvalue weighted by molar-refractivity contribution is 0.248. The molecule has 98 valence electrons. The highest BCUT2D eigenvalue weighted by atomic mass is 19.1. The van der Waals surface area contributed by atoms with Gasteiger partial charge in [-0.15, -0.1) is 0 Å². The van der Waals surface area contributed by atoms with Gasteiger partial charge >= 0.3 is 6.03 Å². The number of halogens is 1. The molecule has 0 unspecified atom stereocenters. The number of nitrogens with zero attached hydrogens (tertiary/aromatic N) is 2. The summed E-state index contributed by atoms with van der Waals surface area (Å²) in [6.45, 7) is 0. The number of amides is 2. The van der Waals surface area contributed by atoms with Gasteiger partial charge in [-0.25, -0.2) is 9.18 Å². The fourth-order valence-corrected chi connectivity index (χ4v) is 1.75. The molecule has 18 heavy (non-hydrogen) atoms. The van der Waals surface area contributed by atoms with Gasteiger partial charge in [0.25, 0.3) is 0 Å². The zero-order valence-corrected chi connectivity index (χ0v) is 9.40. The van der Waals surface area contributed by atoms with Crippen LogP contribution in [0.25, 0.3) is 0 Å². The van der Waals surface area contributed by atoms with Crippen LogP contribution in [0.4, 0.5) is 14.9 Å². The molecule has 0 heterocycles. The van der Waals surface area contributed by atoms with Crippen molar-refractivity contribution in [2.45, 2.75) is 26.2 Å². The number of benzene rings is 1. The molecule has 6 heteroatoms. The van der Waals surface area contributed by atoms with Crippen LogP contribution in [-0.4, -0.2) is 13.1 Å². The van der Waals surface area contributed by atoms with Crippen LogP contribution in [-0.2, 0) is 0 Å². The van der Waals surface area contributed by atoms with E-state index in [9.17, 15) is 9.18 Å². The Morgan fingerprint density at radius 3 is 2.72 bits per heavy atom. The van der Waals surface area contributed by atoms with Crippen LogP contribution in [0.3, 0.4) is 0 Å². The molecule has 0 aliphatic heterocycles. The zero-order chi connectivity index (χ0) is 12.4. The van der Waals surface area contributed by atoms with Gasteiger partial charge in [0, 0.05) is 7.05 Å². The van der Waals surface area contributed by atoms with Gasteiger partial charge < -0.3 is 5.32 Å². The maximum Gasteiger partial charge on any atom is 0.343 e. The van der Waals surface area contributed by atoms with E-state index in [1.807, 2.05) is 0 Å². The Bertz CT molecular complexity index is 459. The van der Waals surface area contributed by atoms with Crippen molar-refractivity contribution in [3.63, 3.8) is 0 Å². The van der Waals surface area contributed by atoms with E-state index in [1.54, 1.807) is 0 Å². The molecule has 1 fully saturated rings. The van der Waals surface area contributed by atoms with E-state index in [0.717, 1.165) is 23.4 Å². The van der Waals surface area contributed by atoms with Crippen molar-refractivity contribution < 1.29 is 9.18 Å². The van der Waals surface area contributed by atoms with Gasteiger partial charge in [0.15, 0.2) is 0 Å². The smallest absolute Gasteiger partial charge is 0.339 e. The number of hydrogen-bond donors (Lipinski definition) is 2. The van der Waals surface area contributed by atoms with Crippen LogP contribution in [0.1, 0.15) is 31.7 Å². The average molecular weight is 252 g/mol. The summed E-state index contributed by atoms with van der Waals surface area (Å²) < 4.78 is 13.2. The predicted molar refractivity (Wildman–Crippen MR) is 67.2 cm³/mol. The summed E-state index contributed by atoms with van der Waals surface area (Å²) in [5.41, 5.74) is 8.25. The summed E-state index contributed by atoms with van der Waals surface area (Å²) in [5.74, 6) is -0.0629. The van der Waals surface area contributed by atoms with Gasteiger partial charge in [-0.3, -0.25) is 0 Å². The molecule has 0 atom stereocenters. The Kier molecular flexibility index (Phi) is 4.36. The molecular weight excluding hydrogens is 235 g/mol. The van der Waals surface area contributed by atoms with Crippen LogP contribution in [0.5, 0.6) is 0 Å². The Labute approximate surface area is 105 Å². The van der Waals surface area contributed by atoms with E-state index in [4.69, 9.17) is 5.53 Å². The number of carbonyl (C=O) groups excluding carboxylic acids is 1. The molecule has 1 aliphatic carbocycles. The summed E-state index contributed by atoms with van der Waals surface area (Å²) in [7, 11) is 1.46. The molecule has 2 N–H and O–H groups in total. The van der Waals surface area contributed by atoms with E-state index < -0.39 is 6.03 Å². The minimum Gasteiger partial charge on any atom is -0.339 e. The van der Waals surface area contributed by atoms with E-state index in [2.05, 4.69) is 10.5 Å². The Morgan fingerprint density at radius 2 is 2.22 bits per heavy atom. The van der Waals surface area contributed by atoms with Crippen LogP contribution < -0.4 is 10.3 Å². The maximum atomic E-state index is 13.2. The Balaban J connectivity index is 0.00000162. The summed E-state index contributed by atoms with van der Waals surface area (Å²) in [4.78, 5) is 11.5. The van der Waals surface area contributed by atoms with Gasteiger partial charge in [-0.05, 0) is 42.5 Å². The van der Waals surface area contributed by atoms with Crippen molar-refractivity contribution in [2.24, 2.45) is 5.22 Å². The number of rotatable bonds is 3. The Morgan fingerprint density at radius 1 is 1.56 bits per heavy atom. The van der Waals surface area contributed by atoms with Gasteiger partial charge in [-0.1, -0.05) is 12.6 Å². The third-order valence-electron chi connectivity index (χ3n) is 2.74. The quantitative estimate of drug-likeness (QED) is 0.628. The second-order valence-electron chi connectivity index (χ2n) is 3.94. The zero-order valence-electron chi connectivity index (χ0n) is 9.40. The lowest BCUT2D eigenvalue weighted by Crippen LogP contribution is -2.34. The highest BCUT2D eigenvalue weighted by Crippen LogP contribution is 2.44. The minimum absolute atomic E-state index is 0. The van der Waals surface area contributed by atoms with Gasteiger partial charge in [0.1, 0.15) is 5.82 Å². The monoisotopic (exact) mass is 252 g/mol. The largest absolute Gasteiger partial charge is 0.343 e. The van der Waals surface area contributed by atoms with Crippen molar-refractivity contribution in [1.82, 2.24) is 5.32 Å². The average Bonchev–Trinajstić information content (AvgIpc) is 3.15. The molecule has 0 bridgehead atoms. The molecule has 1 aromatic carbocycles. The van der Waals surface area contributed by atoms with Crippen LogP contribution in [0.2, 0.25) is 0 Å².